The molecular weight excluding hydrogens is 260 g/mol. The molecule has 1 fully saturated rings. The zero-order chi connectivity index (χ0) is 14.8. The molecule has 3 nitrogen and oxygen atoms in total. The number of hydrogen-bond acceptors (Lipinski definition) is 1. The van der Waals surface area contributed by atoms with Crippen molar-refractivity contribution < 1.29 is 4.79 Å². The minimum Gasteiger partial charge on any atom is -0.361 e. The number of rotatable bonds is 4. The quantitative estimate of drug-likeness (QED) is 0.897. The summed E-state index contributed by atoms with van der Waals surface area (Å²) in [7, 11) is 0. The minimum absolute atomic E-state index is 0.187. The molecule has 1 saturated carbocycles. The van der Waals surface area contributed by atoms with Crippen LogP contribution in [0.3, 0.4) is 0 Å². The molecule has 3 heteroatoms. The number of nitrogens with zero attached hydrogens (tertiary/aromatic N) is 1. The maximum atomic E-state index is 12.9. The first-order valence-corrected chi connectivity index (χ1v) is 8.03. The molecule has 0 saturated heterocycles. The largest absolute Gasteiger partial charge is 0.361 e. The molecule has 1 aliphatic rings. The zero-order valence-electron chi connectivity index (χ0n) is 12.9. The summed E-state index contributed by atoms with van der Waals surface area (Å²) in [5, 5.41) is 1.16. The van der Waals surface area contributed by atoms with Crippen molar-refractivity contribution in [2.75, 3.05) is 6.54 Å². The topological polar surface area (TPSA) is 36.1 Å². The van der Waals surface area contributed by atoms with Gasteiger partial charge in [-0.05, 0) is 42.3 Å². The molecule has 0 aliphatic heterocycles. The summed E-state index contributed by atoms with van der Waals surface area (Å²) in [4.78, 5) is 18.3. The lowest BCUT2D eigenvalue weighted by molar-refractivity contribution is 0.0655. The fourth-order valence-corrected chi connectivity index (χ4v) is 3.35. The van der Waals surface area contributed by atoms with Crippen molar-refractivity contribution >= 4 is 16.8 Å². The Labute approximate surface area is 126 Å². The van der Waals surface area contributed by atoms with Gasteiger partial charge in [-0.1, -0.05) is 32.8 Å². The maximum Gasteiger partial charge on any atom is 0.254 e. The third-order valence-electron chi connectivity index (χ3n) is 4.39. The predicted octanol–water partition coefficient (Wildman–Crippen LogP) is 4.21. The van der Waals surface area contributed by atoms with Gasteiger partial charge in [-0.3, -0.25) is 4.79 Å². The van der Waals surface area contributed by atoms with E-state index in [1.807, 2.05) is 30.5 Å². The van der Waals surface area contributed by atoms with Crippen molar-refractivity contribution in [1.29, 1.82) is 0 Å². The molecule has 1 N–H and O–H groups in total. The maximum absolute atomic E-state index is 12.9. The summed E-state index contributed by atoms with van der Waals surface area (Å²) in [6.07, 6.45) is 6.73. The number of H-pyrrole nitrogens is 1. The second-order valence-electron chi connectivity index (χ2n) is 6.57. The number of fused-ring (bicyclic) bond motifs is 1. The van der Waals surface area contributed by atoms with E-state index in [0.29, 0.717) is 12.0 Å². The van der Waals surface area contributed by atoms with Crippen molar-refractivity contribution in [3.8, 4) is 0 Å². The molecule has 1 aliphatic carbocycles. The zero-order valence-corrected chi connectivity index (χ0v) is 12.9. The summed E-state index contributed by atoms with van der Waals surface area (Å²) in [5.41, 5.74) is 1.84. The first kappa shape index (κ1) is 14.2. The normalized spacial score (nSPS) is 16.0. The van der Waals surface area contributed by atoms with Gasteiger partial charge in [0.15, 0.2) is 0 Å². The van der Waals surface area contributed by atoms with Crippen molar-refractivity contribution in [3.63, 3.8) is 0 Å². The van der Waals surface area contributed by atoms with Crippen LogP contribution >= 0.6 is 0 Å². The molecule has 0 atom stereocenters. The van der Waals surface area contributed by atoms with Gasteiger partial charge in [-0.2, -0.15) is 0 Å². The van der Waals surface area contributed by atoms with Crippen LogP contribution in [0.4, 0.5) is 0 Å². The number of aromatic nitrogens is 1. The van der Waals surface area contributed by atoms with E-state index in [4.69, 9.17) is 0 Å². The molecule has 1 aromatic heterocycles. The second kappa shape index (κ2) is 5.92. The third-order valence-corrected chi connectivity index (χ3v) is 4.39. The molecule has 3 rings (SSSR count). The summed E-state index contributed by atoms with van der Waals surface area (Å²) < 4.78 is 0. The molecular formula is C18H24N2O. The number of amides is 1. The molecule has 1 heterocycles. The Morgan fingerprint density at radius 1 is 1.29 bits per heavy atom. The molecule has 1 amide bonds. The number of carbonyl (C=O) groups is 1. The first-order valence-electron chi connectivity index (χ1n) is 8.03. The summed E-state index contributed by atoms with van der Waals surface area (Å²) >= 11 is 0. The molecule has 0 bridgehead atoms. The van der Waals surface area contributed by atoms with E-state index >= 15 is 0 Å². The van der Waals surface area contributed by atoms with E-state index in [1.165, 1.54) is 12.8 Å². The van der Waals surface area contributed by atoms with Crippen LogP contribution in [0.25, 0.3) is 10.9 Å². The van der Waals surface area contributed by atoms with Crippen LogP contribution in [0, 0.1) is 5.92 Å². The molecule has 1 aromatic carbocycles. The van der Waals surface area contributed by atoms with E-state index in [1.54, 1.807) is 0 Å². The van der Waals surface area contributed by atoms with Gasteiger partial charge < -0.3 is 9.88 Å². The van der Waals surface area contributed by atoms with Crippen LogP contribution in [-0.4, -0.2) is 28.4 Å². The molecule has 0 radical (unpaired) electrons. The van der Waals surface area contributed by atoms with E-state index in [9.17, 15) is 4.79 Å². The van der Waals surface area contributed by atoms with Gasteiger partial charge in [0.1, 0.15) is 0 Å². The van der Waals surface area contributed by atoms with Crippen molar-refractivity contribution in [1.82, 2.24) is 9.88 Å². The predicted molar refractivity (Wildman–Crippen MR) is 86.4 cm³/mol. The van der Waals surface area contributed by atoms with E-state index in [0.717, 1.165) is 35.9 Å². The second-order valence-corrected chi connectivity index (χ2v) is 6.57. The standard InChI is InChI=1S/C18H24N2O/c1-13(2)12-20(16-5-3-4-6-16)18(21)15-8-7-14-9-10-19-17(14)11-15/h7-11,13,16,19H,3-6,12H2,1-2H3. The fourth-order valence-electron chi connectivity index (χ4n) is 3.35. The Bertz CT molecular complexity index is 623. The molecule has 0 unspecified atom stereocenters. The van der Waals surface area contributed by atoms with Crippen molar-refractivity contribution in [2.45, 2.75) is 45.6 Å². The summed E-state index contributed by atoms with van der Waals surface area (Å²) in [6.45, 7) is 5.22. The van der Waals surface area contributed by atoms with Crippen LogP contribution in [0.15, 0.2) is 30.5 Å². The Morgan fingerprint density at radius 3 is 2.76 bits per heavy atom. The van der Waals surface area contributed by atoms with Gasteiger partial charge in [-0.25, -0.2) is 0 Å². The van der Waals surface area contributed by atoms with Crippen LogP contribution in [0.2, 0.25) is 0 Å². The highest BCUT2D eigenvalue weighted by Gasteiger charge is 2.27. The average molecular weight is 284 g/mol. The third kappa shape index (κ3) is 2.97. The molecule has 2 aromatic rings. The smallest absolute Gasteiger partial charge is 0.254 e. The van der Waals surface area contributed by atoms with Gasteiger partial charge >= 0.3 is 0 Å². The Balaban J connectivity index is 1.87. The lowest BCUT2D eigenvalue weighted by Gasteiger charge is -2.30. The highest BCUT2D eigenvalue weighted by Crippen LogP contribution is 2.26. The van der Waals surface area contributed by atoms with Gasteiger partial charge in [0.25, 0.3) is 5.91 Å². The lowest BCUT2D eigenvalue weighted by atomic mass is 10.1. The summed E-state index contributed by atoms with van der Waals surface area (Å²) in [5.74, 6) is 0.691. The average Bonchev–Trinajstić information content (AvgIpc) is 3.13. The van der Waals surface area contributed by atoms with Gasteiger partial charge in [-0.15, -0.1) is 0 Å². The molecule has 112 valence electrons. The van der Waals surface area contributed by atoms with E-state index < -0.39 is 0 Å². The van der Waals surface area contributed by atoms with E-state index in [-0.39, 0.29) is 5.91 Å². The SMILES string of the molecule is CC(C)CN(C(=O)c1ccc2cc[nH]c2c1)C1CCCC1. The van der Waals surface area contributed by atoms with Crippen LogP contribution in [0.5, 0.6) is 0 Å². The number of hydrogen-bond donors (Lipinski definition) is 1. The van der Waals surface area contributed by atoms with Crippen LogP contribution < -0.4 is 0 Å². The van der Waals surface area contributed by atoms with E-state index in [2.05, 4.69) is 23.7 Å². The highest BCUT2D eigenvalue weighted by atomic mass is 16.2. The Kier molecular flexibility index (Phi) is 4.00. The van der Waals surface area contributed by atoms with Gasteiger partial charge in [0, 0.05) is 29.9 Å². The van der Waals surface area contributed by atoms with Gasteiger partial charge in [0.05, 0.1) is 0 Å². The monoisotopic (exact) mass is 284 g/mol. The Morgan fingerprint density at radius 2 is 2.05 bits per heavy atom. The number of aromatic amines is 1. The fraction of sp³-hybridized carbons (Fsp3) is 0.500. The highest BCUT2D eigenvalue weighted by molar-refractivity contribution is 5.98. The first-order chi connectivity index (χ1) is 10.1. The molecule has 21 heavy (non-hydrogen) atoms. The van der Waals surface area contributed by atoms with Gasteiger partial charge in [0.2, 0.25) is 0 Å². The van der Waals surface area contributed by atoms with Crippen molar-refractivity contribution in [3.05, 3.63) is 36.0 Å². The van der Waals surface area contributed by atoms with Crippen molar-refractivity contribution in [2.24, 2.45) is 5.92 Å². The number of nitrogens with one attached hydrogen (secondary N) is 1. The number of carbonyl (C=O) groups excluding carboxylic acids is 1. The molecule has 0 spiro atoms. The Hall–Kier alpha value is -1.77. The summed E-state index contributed by atoms with van der Waals surface area (Å²) in [6, 6.07) is 8.44. The van der Waals surface area contributed by atoms with Crippen LogP contribution in [-0.2, 0) is 0 Å². The van der Waals surface area contributed by atoms with Crippen LogP contribution in [0.1, 0.15) is 49.9 Å². The lowest BCUT2D eigenvalue weighted by Crippen LogP contribution is -2.41. The minimum atomic E-state index is 0.187. The number of benzene rings is 1.